The Morgan fingerprint density at radius 2 is 2.14 bits per heavy atom. The normalized spacial score (nSPS) is 10.9. The molecule has 22 heavy (non-hydrogen) atoms. The van der Waals surface area contributed by atoms with Gasteiger partial charge in [0.05, 0.1) is 25.8 Å². The molecule has 8 heteroatoms. The number of nitrogens with zero attached hydrogens (tertiary/aromatic N) is 1. The lowest BCUT2D eigenvalue weighted by atomic mass is 10.1. The van der Waals surface area contributed by atoms with E-state index in [4.69, 9.17) is 14.7 Å². The van der Waals surface area contributed by atoms with E-state index < -0.39 is 5.97 Å². The molecule has 0 saturated heterocycles. The summed E-state index contributed by atoms with van der Waals surface area (Å²) < 4.78 is 10.3. The number of nitrogens with one attached hydrogen (secondary N) is 1. The van der Waals surface area contributed by atoms with Crippen molar-refractivity contribution in [2.24, 2.45) is 0 Å². The fourth-order valence-electron chi connectivity index (χ4n) is 1.69. The van der Waals surface area contributed by atoms with Crippen LogP contribution in [-0.4, -0.2) is 28.3 Å². The van der Waals surface area contributed by atoms with Crippen molar-refractivity contribution in [3.8, 4) is 11.6 Å². The topological polar surface area (TPSA) is 111 Å². The van der Waals surface area contributed by atoms with E-state index in [-0.39, 0.29) is 22.8 Å². The summed E-state index contributed by atoms with van der Waals surface area (Å²) in [7, 11) is 1.34. The second-order valence-electron chi connectivity index (χ2n) is 3.99. The number of aromatic amines is 1. The molecule has 2 rings (SSSR count). The molecule has 0 aliphatic heterocycles. The van der Waals surface area contributed by atoms with Crippen LogP contribution in [0.15, 0.2) is 47.7 Å². The molecule has 0 spiro atoms. The average molecular weight is 304 g/mol. The van der Waals surface area contributed by atoms with E-state index in [9.17, 15) is 9.59 Å². The Hall–Kier alpha value is -3.13. The van der Waals surface area contributed by atoms with Crippen molar-refractivity contribution in [2.75, 3.05) is 7.11 Å². The third-order valence-corrected chi connectivity index (χ3v) is 2.58. The monoisotopic (exact) mass is 304 g/mol. The zero-order valence-electron chi connectivity index (χ0n) is 11.5. The van der Waals surface area contributed by atoms with Crippen LogP contribution in [0.4, 0.5) is 0 Å². The molecule has 0 bridgehead atoms. The molecule has 0 aliphatic carbocycles. The van der Waals surface area contributed by atoms with E-state index in [0.717, 1.165) is 12.3 Å². The summed E-state index contributed by atoms with van der Waals surface area (Å²) in [5, 5.41) is 8.57. The highest BCUT2D eigenvalue weighted by atomic mass is 17.1. The number of H-pyrrole nitrogens is 1. The molecule has 0 fully saturated rings. The van der Waals surface area contributed by atoms with Gasteiger partial charge in [0.15, 0.2) is 0 Å². The molecular formula is C14H12N2O6. The minimum atomic E-state index is -1.02. The standard InChI is InChI=1S/C14H12N2O6/c1-20-7-10(14(18)22-19)9-4-2-3-5-11(9)21-13-6-12(17)15-8-16-13/h2-8,19H,1H3,(H,15,16,17). The van der Waals surface area contributed by atoms with Crippen LogP contribution < -0.4 is 10.3 Å². The summed E-state index contributed by atoms with van der Waals surface area (Å²) in [6.07, 6.45) is 2.29. The molecule has 0 unspecified atom stereocenters. The fraction of sp³-hybridized carbons (Fsp3) is 0.0714. The van der Waals surface area contributed by atoms with Gasteiger partial charge >= 0.3 is 5.97 Å². The Morgan fingerprint density at radius 3 is 2.82 bits per heavy atom. The van der Waals surface area contributed by atoms with Gasteiger partial charge in [0.2, 0.25) is 5.88 Å². The first-order chi connectivity index (χ1) is 10.7. The highest BCUT2D eigenvalue weighted by Gasteiger charge is 2.19. The minimum Gasteiger partial charge on any atom is -0.503 e. The van der Waals surface area contributed by atoms with Crippen LogP contribution in [0.2, 0.25) is 0 Å². The minimum absolute atomic E-state index is 0.0466. The van der Waals surface area contributed by atoms with Gasteiger partial charge in [0.25, 0.3) is 5.56 Å². The third kappa shape index (κ3) is 3.49. The van der Waals surface area contributed by atoms with E-state index in [1.54, 1.807) is 24.3 Å². The summed E-state index contributed by atoms with van der Waals surface area (Å²) >= 11 is 0. The van der Waals surface area contributed by atoms with Crippen LogP contribution in [0.5, 0.6) is 11.6 Å². The maximum Gasteiger partial charge on any atom is 0.376 e. The van der Waals surface area contributed by atoms with E-state index in [1.165, 1.54) is 13.4 Å². The number of benzene rings is 1. The Bertz CT molecular complexity index is 753. The second-order valence-corrected chi connectivity index (χ2v) is 3.99. The van der Waals surface area contributed by atoms with E-state index >= 15 is 0 Å². The number of hydrogen-bond donors (Lipinski definition) is 2. The molecule has 0 saturated carbocycles. The molecule has 0 aliphatic rings. The summed E-state index contributed by atoms with van der Waals surface area (Å²) in [6.45, 7) is 0. The SMILES string of the molecule is COC=C(C(=O)OO)c1ccccc1Oc1cc(=O)[nH]cn1. The van der Waals surface area contributed by atoms with Gasteiger partial charge in [0.1, 0.15) is 11.3 Å². The zero-order chi connectivity index (χ0) is 15.9. The molecule has 0 amide bonds. The molecule has 1 heterocycles. The van der Waals surface area contributed by atoms with Crippen molar-refractivity contribution >= 4 is 11.5 Å². The molecular weight excluding hydrogens is 292 g/mol. The first-order valence-corrected chi connectivity index (χ1v) is 6.06. The van der Waals surface area contributed by atoms with Gasteiger partial charge in [0, 0.05) is 5.56 Å². The van der Waals surface area contributed by atoms with Crippen molar-refractivity contribution < 1.29 is 24.4 Å². The van der Waals surface area contributed by atoms with Crippen LogP contribution in [0.1, 0.15) is 5.56 Å². The van der Waals surface area contributed by atoms with Crippen LogP contribution >= 0.6 is 0 Å². The van der Waals surface area contributed by atoms with Crippen molar-refractivity contribution in [1.82, 2.24) is 9.97 Å². The van der Waals surface area contributed by atoms with Crippen LogP contribution in [0.3, 0.4) is 0 Å². The first-order valence-electron chi connectivity index (χ1n) is 6.06. The number of methoxy groups -OCH3 is 1. The van der Waals surface area contributed by atoms with Gasteiger partial charge in [-0.25, -0.2) is 9.78 Å². The smallest absolute Gasteiger partial charge is 0.376 e. The van der Waals surface area contributed by atoms with E-state index in [0.29, 0.717) is 5.56 Å². The summed E-state index contributed by atoms with van der Waals surface area (Å²) in [6, 6.07) is 7.60. The van der Waals surface area contributed by atoms with Crippen LogP contribution in [0, 0.1) is 0 Å². The van der Waals surface area contributed by atoms with Gasteiger partial charge in [-0.3, -0.25) is 9.68 Å². The van der Waals surface area contributed by atoms with Crippen molar-refractivity contribution in [2.45, 2.75) is 0 Å². The summed E-state index contributed by atoms with van der Waals surface area (Å²) in [4.78, 5) is 32.8. The number of carbonyl (C=O) groups is 1. The lowest BCUT2D eigenvalue weighted by molar-refractivity contribution is -0.226. The Morgan fingerprint density at radius 1 is 1.36 bits per heavy atom. The number of para-hydroxylation sites is 1. The molecule has 1 aromatic heterocycles. The van der Waals surface area contributed by atoms with Gasteiger partial charge in [-0.15, -0.1) is 0 Å². The summed E-state index contributed by atoms with van der Waals surface area (Å²) in [5.41, 5.74) is -0.152. The number of ether oxygens (including phenoxy) is 2. The van der Waals surface area contributed by atoms with Crippen molar-refractivity contribution in [3.05, 3.63) is 58.8 Å². The second kappa shape index (κ2) is 7.04. The van der Waals surface area contributed by atoms with Gasteiger partial charge in [-0.2, -0.15) is 5.26 Å². The third-order valence-electron chi connectivity index (χ3n) is 2.58. The Kier molecular flexibility index (Phi) is 4.89. The van der Waals surface area contributed by atoms with E-state index in [2.05, 4.69) is 14.9 Å². The predicted molar refractivity (Wildman–Crippen MR) is 75.1 cm³/mol. The highest BCUT2D eigenvalue weighted by molar-refractivity contribution is 6.16. The lowest BCUT2D eigenvalue weighted by Gasteiger charge is -2.11. The Labute approximate surface area is 124 Å². The van der Waals surface area contributed by atoms with Crippen molar-refractivity contribution in [3.63, 3.8) is 0 Å². The van der Waals surface area contributed by atoms with Crippen LogP contribution in [0.25, 0.3) is 5.57 Å². The van der Waals surface area contributed by atoms with E-state index in [1.807, 2.05) is 0 Å². The molecule has 0 atom stereocenters. The van der Waals surface area contributed by atoms with Gasteiger partial charge in [-0.1, -0.05) is 18.2 Å². The molecule has 1 aromatic carbocycles. The zero-order valence-corrected chi connectivity index (χ0v) is 11.5. The van der Waals surface area contributed by atoms with Gasteiger partial charge in [-0.05, 0) is 6.07 Å². The molecule has 0 radical (unpaired) electrons. The van der Waals surface area contributed by atoms with Crippen molar-refractivity contribution in [1.29, 1.82) is 0 Å². The molecule has 8 nitrogen and oxygen atoms in total. The maximum absolute atomic E-state index is 11.6. The quantitative estimate of drug-likeness (QED) is 0.373. The number of hydrogen-bond acceptors (Lipinski definition) is 7. The largest absolute Gasteiger partial charge is 0.503 e. The fourth-order valence-corrected chi connectivity index (χ4v) is 1.69. The Balaban J connectivity index is 2.43. The number of rotatable bonds is 5. The maximum atomic E-state index is 11.6. The highest BCUT2D eigenvalue weighted by Crippen LogP contribution is 2.29. The number of carbonyl (C=O) groups excluding carboxylic acids is 1. The number of aromatic nitrogens is 2. The molecule has 114 valence electrons. The van der Waals surface area contributed by atoms with Crippen LogP contribution in [-0.2, 0) is 14.4 Å². The lowest BCUT2D eigenvalue weighted by Crippen LogP contribution is -2.07. The van der Waals surface area contributed by atoms with Gasteiger partial charge < -0.3 is 14.5 Å². The molecule has 2 N–H and O–H groups in total. The summed E-state index contributed by atoms with van der Waals surface area (Å²) in [5.74, 6) is -0.739. The molecule has 2 aromatic rings. The predicted octanol–water partition coefficient (Wildman–Crippen LogP) is 1.57. The first kappa shape index (κ1) is 15.3. The average Bonchev–Trinajstić information content (AvgIpc) is 2.53.